The average Bonchev–Trinajstić information content (AvgIpc) is 3.13. The van der Waals surface area contributed by atoms with Gasteiger partial charge in [-0.1, -0.05) is 42.5 Å². The zero-order valence-electron chi connectivity index (χ0n) is 15.5. The van der Waals surface area contributed by atoms with E-state index < -0.39 is 0 Å². The van der Waals surface area contributed by atoms with Crippen molar-refractivity contribution >= 4 is 57.1 Å². The highest BCUT2D eigenvalue weighted by Crippen LogP contribution is 2.36. The van der Waals surface area contributed by atoms with Gasteiger partial charge in [-0.15, -0.1) is 23.1 Å². The standard InChI is InChI=1S/C21H20N2O2S3/c1-3-25-20(24)15-13-18(14-9-5-4-6-10-14)28-19(15)23-21(26)22-16-11-7-8-12-17(16)27-2/h4-13H,3H2,1-2H3,(H2,22,23,26). The van der Waals surface area contributed by atoms with Gasteiger partial charge in [0.05, 0.1) is 17.9 Å². The van der Waals surface area contributed by atoms with E-state index in [1.54, 1.807) is 18.7 Å². The Morgan fingerprint density at radius 2 is 1.82 bits per heavy atom. The lowest BCUT2D eigenvalue weighted by Gasteiger charge is -2.13. The lowest BCUT2D eigenvalue weighted by atomic mass is 10.1. The molecule has 7 heteroatoms. The Balaban J connectivity index is 1.86. The summed E-state index contributed by atoms with van der Waals surface area (Å²) in [6.45, 7) is 2.11. The first-order chi connectivity index (χ1) is 13.6. The number of benzene rings is 2. The number of thiophene rings is 1. The van der Waals surface area contributed by atoms with Gasteiger partial charge in [-0.05, 0) is 49.2 Å². The lowest BCUT2D eigenvalue weighted by molar-refractivity contribution is 0.0528. The van der Waals surface area contributed by atoms with Crippen molar-refractivity contribution in [2.24, 2.45) is 0 Å². The molecule has 3 aromatic rings. The molecule has 2 aromatic carbocycles. The molecule has 4 nitrogen and oxygen atoms in total. The topological polar surface area (TPSA) is 50.4 Å². The van der Waals surface area contributed by atoms with Gasteiger partial charge < -0.3 is 15.4 Å². The predicted molar refractivity (Wildman–Crippen MR) is 124 cm³/mol. The third-order valence-electron chi connectivity index (χ3n) is 3.87. The Labute approximate surface area is 178 Å². The largest absolute Gasteiger partial charge is 0.462 e. The molecule has 1 aromatic heterocycles. The Bertz CT molecular complexity index is 971. The van der Waals surface area contributed by atoms with Crippen LogP contribution in [-0.4, -0.2) is 23.9 Å². The molecule has 2 N–H and O–H groups in total. The van der Waals surface area contributed by atoms with Gasteiger partial charge in [0.15, 0.2) is 5.11 Å². The minimum absolute atomic E-state index is 0.318. The highest BCUT2D eigenvalue weighted by Gasteiger charge is 2.19. The summed E-state index contributed by atoms with van der Waals surface area (Å²) in [4.78, 5) is 14.5. The van der Waals surface area contributed by atoms with Gasteiger partial charge in [0.25, 0.3) is 0 Å². The highest BCUT2D eigenvalue weighted by molar-refractivity contribution is 7.98. The fourth-order valence-electron chi connectivity index (χ4n) is 2.59. The molecule has 144 valence electrons. The van der Waals surface area contributed by atoms with Crippen LogP contribution in [0.15, 0.2) is 65.6 Å². The smallest absolute Gasteiger partial charge is 0.341 e. The van der Waals surface area contributed by atoms with Gasteiger partial charge in [0.1, 0.15) is 5.00 Å². The van der Waals surface area contributed by atoms with Crippen molar-refractivity contribution in [1.29, 1.82) is 0 Å². The molecule has 0 spiro atoms. The first kappa shape index (κ1) is 20.4. The number of carbonyl (C=O) groups excluding carboxylic acids is 1. The molecule has 0 saturated heterocycles. The minimum atomic E-state index is -0.365. The molecule has 0 aliphatic rings. The van der Waals surface area contributed by atoms with Crippen molar-refractivity contribution in [2.75, 3.05) is 23.5 Å². The molecule has 0 unspecified atom stereocenters. The average molecular weight is 429 g/mol. The van der Waals surface area contributed by atoms with E-state index in [1.807, 2.05) is 66.9 Å². The van der Waals surface area contributed by atoms with Crippen molar-refractivity contribution in [2.45, 2.75) is 11.8 Å². The van der Waals surface area contributed by atoms with E-state index in [0.29, 0.717) is 22.3 Å². The van der Waals surface area contributed by atoms with Crippen LogP contribution >= 0.6 is 35.3 Å². The second-order valence-electron chi connectivity index (χ2n) is 5.72. The number of para-hydroxylation sites is 1. The summed E-state index contributed by atoms with van der Waals surface area (Å²) in [5, 5.41) is 7.47. The van der Waals surface area contributed by atoms with Crippen LogP contribution in [0.1, 0.15) is 17.3 Å². The molecular weight excluding hydrogens is 408 g/mol. The van der Waals surface area contributed by atoms with Gasteiger partial charge in [-0.25, -0.2) is 4.79 Å². The van der Waals surface area contributed by atoms with Crippen molar-refractivity contribution < 1.29 is 9.53 Å². The summed E-state index contributed by atoms with van der Waals surface area (Å²) >= 11 is 8.59. The van der Waals surface area contributed by atoms with Crippen molar-refractivity contribution in [1.82, 2.24) is 0 Å². The Hall–Kier alpha value is -2.35. The van der Waals surface area contributed by atoms with E-state index in [1.165, 1.54) is 11.3 Å². The zero-order chi connectivity index (χ0) is 19.9. The van der Waals surface area contributed by atoms with Crippen LogP contribution in [0.25, 0.3) is 10.4 Å². The van der Waals surface area contributed by atoms with Gasteiger partial charge in [-0.3, -0.25) is 0 Å². The molecule has 28 heavy (non-hydrogen) atoms. The van der Waals surface area contributed by atoms with Crippen LogP contribution < -0.4 is 10.6 Å². The molecule has 0 amide bonds. The third-order valence-corrected chi connectivity index (χ3v) is 5.97. The summed E-state index contributed by atoms with van der Waals surface area (Å²) in [6, 6.07) is 19.7. The monoisotopic (exact) mass is 428 g/mol. The van der Waals surface area contributed by atoms with Crippen molar-refractivity contribution in [3.8, 4) is 10.4 Å². The maximum atomic E-state index is 12.4. The number of anilines is 2. The number of esters is 1. The molecule has 0 aliphatic carbocycles. The zero-order valence-corrected chi connectivity index (χ0v) is 18.0. The van der Waals surface area contributed by atoms with E-state index in [0.717, 1.165) is 21.0 Å². The van der Waals surface area contributed by atoms with Gasteiger partial charge in [-0.2, -0.15) is 0 Å². The lowest BCUT2D eigenvalue weighted by Crippen LogP contribution is -2.20. The number of hydrogen-bond acceptors (Lipinski definition) is 5. The molecule has 1 heterocycles. The van der Waals surface area contributed by atoms with E-state index in [9.17, 15) is 4.79 Å². The summed E-state index contributed by atoms with van der Waals surface area (Å²) < 4.78 is 5.21. The van der Waals surface area contributed by atoms with E-state index in [2.05, 4.69) is 10.6 Å². The normalized spacial score (nSPS) is 10.4. The Morgan fingerprint density at radius 1 is 1.11 bits per heavy atom. The van der Waals surface area contributed by atoms with Crippen molar-refractivity contribution in [3.05, 3.63) is 66.2 Å². The summed E-state index contributed by atoms with van der Waals surface area (Å²) in [5.74, 6) is -0.365. The molecule has 0 bridgehead atoms. The number of nitrogens with one attached hydrogen (secondary N) is 2. The van der Waals surface area contributed by atoms with Crippen LogP contribution in [0.2, 0.25) is 0 Å². The van der Waals surface area contributed by atoms with E-state index in [-0.39, 0.29) is 5.97 Å². The fraction of sp³-hybridized carbons (Fsp3) is 0.143. The van der Waals surface area contributed by atoms with Crippen LogP contribution in [0, 0.1) is 0 Å². The van der Waals surface area contributed by atoms with Gasteiger partial charge in [0.2, 0.25) is 0 Å². The Morgan fingerprint density at radius 3 is 2.54 bits per heavy atom. The minimum Gasteiger partial charge on any atom is -0.462 e. The number of hydrogen-bond donors (Lipinski definition) is 2. The van der Waals surface area contributed by atoms with Crippen LogP contribution in [0.4, 0.5) is 10.7 Å². The van der Waals surface area contributed by atoms with E-state index in [4.69, 9.17) is 17.0 Å². The Kier molecular flexibility index (Phi) is 7.08. The van der Waals surface area contributed by atoms with Crippen molar-refractivity contribution in [3.63, 3.8) is 0 Å². The first-order valence-corrected chi connectivity index (χ1v) is 11.1. The van der Waals surface area contributed by atoms with Gasteiger partial charge in [0, 0.05) is 9.77 Å². The number of ether oxygens (including phenoxy) is 1. The predicted octanol–water partition coefficient (Wildman–Crippen LogP) is 6.12. The molecule has 0 atom stereocenters. The van der Waals surface area contributed by atoms with Gasteiger partial charge >= 0.3 is 5.97 Å². The number of thioether (sulfide) groups is 1. The molecular formula is C21H20N2O2S3. The molecule has 0 aliphatic heterocycles. The fourth-order valence-corrected chi connectivity index (χ4v) is 4.48. The number of rotatable bonds is 6. The van der Waals surface area contributed by atoms with Crippen LogP contribution in [0.5, 0.6) is 0 Å². The first-order valence-electron chi connectivity index (χ1n) is 8.69. The maximum absolute atomic E-state index is 12.4. The second-order valence-corrected chi connectivity index (χ2v) is 8.03. The van der Waals surface area contributed by atoms with Crippen LogP contribution in [0.3, 0.4) is 0 Å². The quantitative estimate of drug-likeness (QED) is 0.280. The molecule has 0 saturated carbocycles. The second kappa shape index (κ2) is 9.73. The SMILES string of the molecule is CCOC(=O)c1cc(-c2ccccc2)sc1NC(=S)Nc1ccccc1SC. The third kappa shape index (κ3) is 4.92. The highest BCUT2D eigenvalue weighted by atomic mass is 32.2. The molecule has 3 rings (SSSR count). The summed E-state index contributed by atoms with van der Waals surface area (Å²) in [7, 11) is 0. The number of carbonyl (C=O) groups is 1. The van der Waals surface area contributed by atoms with E-state index >= 15 is 0 Å². The number of thiocarbonyl (C=S) groups is 1. The van der Waals surface area contributed by atoms with Crippen LogP contribution in [-0.2, 0) is 4.74 Å². The summed E-state index contributed by atoms with van der Waals surface area (Å²) in [5.41, 5.74) is 2.44. The maximum Gasteiger partial charge on any atom is 0.341 e. The molecule has 0 fully saturated rings. The summed E-state index contributed by atoms with van der Waals surface area (Å²) in [6.07, 6.45) is 2.02. The molecule has 0 radical (unpaired) electrons.